The minimum Gasteiger partial charge on any atom is -0.354 e. The first-order chi connectivity index (χ1) is 8.92. The summed E-state index contributed by atoms with van der Waals surface area (Å²) in [5.41, 5.74) is 0.443. The van der Waals surface area contributed by atoms with Gasteiger partial charge in [-0.25, -0.2) is 0 Å². The Morgan fingerprint density at radius 2 is 1.79 bits per heavy atom. The van der Waals surface area contributed by atoms with Gasteiger partial charge in [0.25, 0.3) is 0 Å². The van der Waals surface area contributed by atoms with Gasteiger partial charge in [-0.05, 0) is 38.5 Å². The molecule has 1 aliphatic heterocycles. The van der Waals surface area contributed by atoms with E-state index in [1.54, 1.807) is 0 Å². The van der Waals surface area contributed by atoms with Gasteiger partial charge in [0.1, 0.15) is 0 Å². The predicted octanol–water partition coefficient (Wildman–Crippen LogP) is 1.82. The van der Waals surface area contributed by atoms with Gasteiger partial charge in [0.05, 0.1) is 0 Å². The molecule has 4 heteroatoms. The van der Waals surface area contributed by atoms with Gasteiger partial charge in [-0.15, -0.1) is 0 Å². The van der Waals surface area contributed by atoms with E-state index in [-0.39, 0.29) is 0 Å². The highest BCUT2D eigenvalue weighted by Crippen LogP contribution is 2.44. The SMILES string of the molecule is CN=C(NC1CCN(C(C)C)CC1)NC1CC1(C)C. The molecule has 1 aliphatic carbocycles. The maximum atomic E-state index is 4.36. The summed E-state index contributed by atoms with van der Waals surface area (Å²) in [5, 5.41) is 7.12. The summed E-state index contributed by atoms with van der Waals surface area (Å²) in [5.74, 6) is 0.985. The molecule has 1 saturated carbocycles. The fraction of sp³-hybridized carbons (Fsp3) is 0.933. The van der Waals surface area contributed by atoms with E-state index in [1.807, 2.05) is 7.05 Å². The van der Waals surface area contributed by atoms with Crippen LogP contribution in [-0.4, -0.2) is 49.1 Å². The fourth-order valence-corrected chi connectivity index (χ4v) is 2.80. The monoisotopic (exact) mass is 266 g/mol. The summed E-state index contributed by atoms with van der Waals surface area (Å²) >= 11 is 0. The third kappa shape index (κ3) is 3.85. The molecule has 0 bridgehead atoms. The Morgan fingerprint density at radius 1 is 1.21 bits per heavy atom. The zero-order valence-corrected chi connectivity index (χ0v) is 13.2. The highest BCUT2D eigenvalue weighted by molar-refractivity contribution is 5.80. The summed E-state index contributed by atoms with van der Waals surface area (Å²) in [7, 11) is 1.87. The molecule has 0 aromatic heterocycles. The molecule has 4 nitrogen and oxygen atoms in total. The molecule has 0 amide bonds. The number of aliphatic imine (C=N–C) groups is 1. The molecule has 1 heterocycles. The average Bonchev–Trinajstić information content (AvgIpc) is 2.96. The topological polar surface area (TPSA) is 39.7 Å². The van der Waals surface area contributed by atoms with Gasteiger partial charge in [-0.3, -0.25) is 4.99 Å². The first-order valence-corrected chi connectivity index (χ1v) is 7.66. The standard InChI is InChI=1S/C15H30N4/c1-11(2)19-8-6-12(7-9-19)17-14(16-5)18-13-10-15(13,3)4/h11-13H,6-10H2,1-5H3,(H2,16,17,18). The van der Waals surface area contributed by atoms with E-state index in [1.165, 1.54) is 32.4 Å². The number of hydrogen-bond donors (Lipinski definition) is 2. The zero-order chi connectivity index (χ0) is 14.0. The quantitative estimate of drug-likeness (QED) is 0.605. The molecule has 2 aliphatic rings. The Bertz CT molecular complexity index is 327. The molecule has 2 N–H and O–H groups in total. The van der Waals surface area contributed by atoms with Gasteiger partial charge in [0.15, 0.2) is 5.96 Å². The highest BCUT2D eigenvalue weighted by Gasteiger charge is 2.46. The number of hydrogen-bond acceptors (Lipinski definition) is 2. The second-order valence-electron chi connectivity index (χ2n) is 7.01. The lowest BCUT2D eigenvalue weighted by molar-refractivity contribution is 0.167. The number of piperidine rings is 1. The number of rotatable bonds is 3. The van der Waals surface area contributed by atoms with Crippen LogP contribution >= 0.6 is 0 Å². The highest BCUT2D eigenvalue weighted by atomic mass is 15.2. The van der Waals surface area contributed by atoms with Crippen molar-refractivity contribution in [2.24, 2.45) is 10.4 Å². The van der Waals surface area contributed by atoms with Crippen molar-refractivity contribution >= 4 is 5.96 Å². The van der Waals surface area contributed by atoms with Crippen LogP contribution in [-0.2, 0) is 0 Å². The van der Waals surface area contributed by atoms with Gasteiger partial charge in [0, 0.05) is 38.3 Å². The van der Waals surface area contributed by atoms with Gasteiger partial charge in [0.2, 0.25) is 0 Å². The smallest absolute Gasteiger partial charge is 0.191 e. The lowest BCUT2D eigenvalue weighted by Gasteiger charge is -2.35. The molecular formula is C15H30N4. The average molecular weight is 266 g/mol. The Morgan fingerprint density at radius 3 is 2.21 bits per heavy atom. The first-order valence-electron chi connectivity index (χ1n) is 7.66. The normalized spacial score (nSPS) is 28.5. The maximum Gasteiger partial charge on any atom is 0.191 e. The van der Waals surface area contributed by atoms with Gasteiger partial charge < -0.3 is 15.5 Å². The van der Waals surface area contributed by atoms with Gasteiger partial charge in [-0.2, -0.15) is 0 Å². The van der Waals surface area contributed by atoms with Crippen LogP contribution in [0.1, 0.15) is 47.0 Å². The molecule has 0 aromatic rings. The third-order valence-corrected chi connectivity index (χ3v) is 4.65. The van der Waals surface area contributed by atoms with Crippen LogP contribution in [0.4, 0.5) is 0 Å². The van der Waals surface area contributed by atoms with Crippen LogP contribution in [0, 0.1) is 5.41 Å². The van der Waals surface area contributed by atoms with Crippen LogP contribution in [0.3, 0.4) is 0 Å². The molecule has 0 radical (unpaired) electrons. The molecule has 2 rings (SSSR count). The minimum absolute atomic E-state index is 0.443. The van der Waals surface area contributed by atoms with E-state index in [0.29, 0.717) is 23.5 Å². The Hall–Kier alpha value is -0.770. The van der Waals surface area contributed by atoms with Crippen molar-refractivity contribution in [3.63, 3.8) is 0 Å². The van der Waals surface area contributed by atoms with E-state index in [2.05, 4.69) is 48.2 Å². The lowest BCUT2D eigenvalue weighted by atomic mass is 10.0. The van der Waals surface area contributed by atoms with E-state index >= 15 is 0 Å². The number of nitrogens with one attached hydrogen (secondary N) is 2. The van der Waals surface area contributed by atoms with Crippen molar-refractivity contribution in [3.8, 4) is 0 Å². The second kappa shape index (κ2) is 5.70. The zero-order valence-electron chi connectivity index (χ0n) is 13.2. The predicted molar refractivity (Wildman–Crippen MR) is 81.5 cm³/mol. The minimum atomic E-state index is 0.443. The molecular weight excluding hydrogens is 236 g/mol. The molecule has 1 atom stereocenters. The molecule has 110 valence electrons. The van der Waals surface area contributed by atoms with Crippen molar-refractivity contribution in [1.29, 1.82) is 0 Å². The van der Waals surface area contributed by atoms with Crippen LogP contribution < -0.4 is 10.6 Å². The summed E-state index contributed by atoms with van der Waals surface area (Å²) < 4.78 is 0. The Balaban J connectivity index is 1.75. The van der Waals surface area contributed by atoms with Crippen LogP contribution in [0.15, 0.2) is 4.99 Å². The molecule has 2 fully saturated rings. The molecule has 1 unspecified atom stereocenters. The van der Waals surface area contributed by atoms with Crippen molar-refractivity contribution < 1.29 is 0 Å². The summed E-state index contributed by atoms with van der Waals surface area (Å²) in [4.78, 5) is 6.92. The third-order valence-electron chi connectivity index (χ3n) is 4.65. The van der Waals surface area contributed by atoms with Crippen molar-refractivity contribution in [2.45, 2.75) is 65.1 Å². The number of likely N-dealkylation sites (tertiary alicyclic amines) is 1. The molecule has 19 heavy (non-hydrogen) atoms. The largest absolute Gasteiger partial charge is 0.354 e. The molecule has 0 spiro atoms. The Kier molecular flexibility index (Phi) is 4.39. The lowest BCUT2D eigenvalue weighted by Crippen LogP contribution is -2.50. The Labute approximate surface area is 118 Å². The van der Waals surface area contributed by atoms with Crippen molar-refractivity contribution in [1.82, 2.24) is 15.5 Å². The molecule has 1 saturated heterocycles. The fourth-order valence-electron chi connectivity index (χ4n) is 2.80. The van der Waals surface area contributed by atoms with Crippen molar-refractivity contribution in [3.05, 3.63) is 0 Å². The maximum absolute atomic E-state index is 4.36. The van der Waals surface area contributed by atoms with Gasteiger partial charge in [-0.1, -0.05) is 13.8 Å². The first kappa shape index (κ1) is 14.6. The summed E-state index contributed by atoms with van der Waals surface area (Å²) in [6.07, 6.45) is 3.68. The molecule has 0 aromatic carbocycles. The van der Waals surface area contributed by atoms with Crippen LogP contribution in [0.5, 0.6) is 0 Å². The van der Waals surface area contributed by atoms with E-state index in [0.717, 1.165) is 5.96 Å². The summed E-state index contributed by atoms with van der Waals surface area (Å²) in [6.45, 7) is 11.6. The van der Waals surface area contributed by atoms with E-state index < -0.39 is 0 Å². The van der Waals surface area contributed by atoms with Gasteiger partial charge >= 0.3 is 0 Å². The second-order valence-corrected chi connectivity index (χ2v) is 7.01. The van der Waals surface area contributed by atoms with Crippen molar-refractivity contribution in [2.75, 3.05) is 20.1 Å². The number of guanidine groups is 1. The van der Waals surface area contributed by atoms with Crippen LogP contribution in [0.2, 0.25) is 0 Å². The van der Waals surface area contributed by atoms with E-state index in [9.17, 15) is 0 Å². The summed E-state index contributed by atoms with van der Waals surface area (Å²) in [6, 6.07) is 1.84. The van der Waals surface area contributed by atoms with E-state index in [4.69, 9.17) is 0 Å². The number of nitrogens with zero attached hydrogens (tertiary/aromatic N) is 2. The van der Waals surface area contributed by atoms with Crippen LogP contribution in [0.25, 0.3) is 0 Å².